The summed E-state index contributed by atoms with van der Waals surface area (Å²) >= 11 is 0. The summed E-state index contributed by atoms with van der Waals surface area (Å²) in [5, 5.41) is 8.44. The van der Waals surface area contributed by atoms with Crippen LogP contribution in [0.4, 0.5) is 10.3 Å². The van der Waals surface area contributed by atoms with Gasteiger partial charge >= 0.3 is 0 Å². The molecule has 190 valence electrons. The number of aromatic amines is 1. The van der Waals surface area contributed by atoms with E-state index in [1.165, 1.54) is 11.1 Å². The van der Waals surface area contributed by atoms with Crippen LogP contribution in [0.25, 0.3) is 10.9 Å². The smallest absolute Gasteiger partial charge is 0.225 e. The maximum atomic E-state index is 13.6. The third-order valence-electron chi connectivity index (χ3n) is 8.50. The zero-order chi connectivity index (χ0) is 24.7. The zero-order valence-corrected chi connectivity index (χ0v) is 20.7. The van der Waals surface area contributed by atoms with Crippen LogP contribution >= 0.6 is 0 Å². The van der Waals surface area contributed by atoms with Crippen LogP contribution in [0.3, 0.4) is 0 Å². The van der Waals surface area contributed by atoms with Gasteiger partial charge in [0.15, 0.2) is 0 Å². The van der Waals surface area contributed by atoms with E-state index in [9.17, 15) is 9.18 Å². The van der Waals surface area contributed by atoms with E-state index in [2.05, 4.69) is 39.1 Å². The highest BCUT2D eigenvalue weighted by Crippen LogP contribution is 2.41. The van der Waals surface area contributed by atoms with Crippen molar-refractivity contribution in [2.24, 2.45) is 5.92 Å². The van der Waals surface area contributed by atoms with E-state index >= 15 is 0 Å². The Morgan fingerprint density at radius 3 is 2.69 bits per heavy atom. The number of benzene rings is 1. The third kappa shape index (κ3) is 4.08. The topological polar surface area (TPSA) is 87.2 Å². The molecule has 0 saturated carbocycles. The average molecular weight is 493 g/mol. The van der Waals surface area contributed by atoms with Gasteiger partial charge in [-0.25, -0.2) is 14.4 Å². The zero-order valence-electron chi connectivity index (χ0n) is 20.7. The standard InChI is InChI=1S/C27H33FN6O2/c1-18-12-22-21(2-3-24-23(22)15-31-32-24)25(34(18)11-8-28)20-13-29-26(30-14-20)33-9-6-27(7-10-33)5-4-19(16-35)17-36-27/h2-3,13-16,18-19,25H,4-12,17H2,1H3,(H,31,32)/t18-,19?,25?/m1/s1. The van der Waals surface area contributed by atoms with Crippen molar-refractivity contribution in [2.75, 3.05) is 37.8 Å². The average Bonchev–Trinajstić information content (AvgIpc) is 3.40. The van der Waals surface area contributed by atoms with Gasteiger partial charge in [-0.05, 0) is 56.2 Å². The summed E-state index contributed by atoms with van der Waals surface area (Å²) in [5.41, 5.74) is 4.34. The number of aromatic nitrogens is 4. The highest BCUT2D eigenvalue weighted by molar-refractivity contribution is 5.83. The Hall–Kier alpha value is -2.91. The number of fused-ring (bicyclic) bond motifs is 3. The molecular formula is C27H33FN6O2. The molecule has 0 aliphatic carbocycles. The van der Waals surface area contributed by atoms with Crippen LogP contribution in [0.2, 0.25) is 0 Å². The molecule has 3 aliphatic heterocycles. The summed E-state index contributed by atoms with van der Waals surface area (Å²) in [7, 11) is 0. The number of anilines is 1. The lowest BCUT2D eigenvalue weighted by Crippen LogP contribution is -2.49. The molecule has 6 rings (SSSR count). The summed E-state index contributed by atoms with van der Waals surface area (Å²) in [6.45, 7) is 4.34. The van der Waals surface area contributed by atoms with Gasteiger partial charge in [0.25, 0.3) is 0 Å². The van der Waals surface area contributed by atoms with Crippen molar-refractivity contribution in [3.63, 3.8) is 0 Å². The second-order valence-corrected chi connectivity index (χ2v) is 10.6. The predicted octanol–water partition coefficient (Wildman–Crippen LogP) is 3.62. The molecule has 2 aromatic heterocycles. The monoisotopic (exact) mass is 492 g/mol. The largest absolute Gasteiger partial charge is 0.374 e. The first-order valence-electron chi connectivity index (χ1n) is 13.0. The van der Waals surface area contributed by atoms with Crippen LogP contribution in [-0.4, -0.2) is 75.9 Å². The number of carbonyl (C=O) groups is 1. The van der Waals surface area contributed by atoms with Crippen molar-refractivity contribution >= 4 is 23.1 Å². The second-order valence-electron chi connectivity index (χ2n) is 10.6. The van der Waals surface area contributed by atoms with E-state index in [-0.39, 0.29) is 23.6 Å². The first-order valence-corrected chi connectivity index (χ1v) is 13.0. The number of alkyl halides is 1. The Labute approximate surface area is 210 Å². The van der Waals surface area contributed by atoms with Crippen molar-refractivity contribution in [3.8, 4) is 0 Å². The van der Waals surface area contributed by atoms with E-state index in [1.807, 2.05) is 18.6 Å². The van der Waals surface area contributed by atoms with Gasteiger partial charge in [-0.3, -0.25) is 10.00 Å². The number of hydrogen-bond donors (Lipinski definition) is 1. The van der Waals surface area contributed by atoms with E-state index in [0.717, 1.165) is 73.9 Å². The Morgan fingerprint density at radius 1 is 1.19 bits per heavy atom. The molecule has 3 atom stereocenters. The summed E-state index contributed by atoms with van der Waals surface area (Å²) in [6, 6.07) is 4.28. The molecule has 3 aromatic rings. The van der Waals surface area contributed by atoms with E-state index < -0.39 is 6.67 Å². The van der Waals surface area contributed by atoms with Gasteiger partial charge in [0.1, 0.15) is 13.0 Å². The molecule has 0 bridgehead atoms. The molecule has 36 heavy (non-hydrogen) atoms. The van der Waals surface area contributed by atoms with Crippen LogP contribution in [0.5, 0.6) is 0 Å². The van der Waals surface area contributed by atoms with Crippen molar-refractivity contribution < 1.29 is 13.9 Å². The van der Waals surface area contributed by atoms with Gasteiger partial charge in [-0.15, -0.1) is 0 Å². The number of rotatable bonds is 5. The minimum absolute atomic E-state index is 0.0405. The number of aldehydes is 1. The maximum Gasteiger partial charge on any atom is 0.225 e. The number of halogens is 1. The van der Waals surface area contributed by atoms with Crippen LogP contribution in [0.15, 0.2) is 30.7 Å². The molecule has 9 heteroatoms. The molecule has 1 spiro atoms. The summed E-state index contributed by atoms with van der Waals surface area (Å²) in [4.78, 5) is 25.1. The highest BCUT2D eigenvalue weighted by Gasteiger charge is 2.40. The highest BCUT2D eigenvalue weighted by atomic mass is 19.1. The molecule has 2 saturated heterocycles. The number of nitrogens with zero attached hydrogens (tertiary/aromatic N) is 5. The molecule has 2 unspecified atom stereocenters. The Balaban J connectivity index is 1.23. The number of H-pyrrole nitrogens is 1. The summed E-state index contributed by atoms with van der Waals surface area (Å²) in [6.07, 6.45) is 11.3. The van der Waals surface area contributed by atoms with Crippen LogP contribution < -0.4 is 4.90 Å². The lowest BCUT2D eigenvalue weighted by molar-refractivity contribution is -0.132. The lowest BCUT2D eigenvalue weighted by Gasteiger charge is -2.45. The molecule has 3 aliphatic rings. The van der Waals surface area contributed by atoms with Gasteiger partial charge in [-0.1, -0.05) is 6.07 Å². The fraction of sp³-hybridized carbons (Fsp3) is 0.556. The molecular weight excluding hydrogens is 459 g/mol. The fourth-order valence-electron chi connectivity index (χ4n) is 6.38. The van der Waals surface area contributed by atoms with E-state index in [1.54, 1.807) is 0 Å². The minimum Gasteiger partial charge on any atom is -0.374 e. The minimum atomic E-state index is -0.395. The van der Waals surface area contributed by atoms with Gasteiger partial charge in [0.2, 0.25) is 5.95 Å². The lowest BCUT2D eigenvalue weighted by atomic mass is 9.82. The first-order chi connectivity index (χ1) is 17.6. The number of nitrogens with one attached hydrogen (secondary N) is 1. The summed E-state index contributed by atoms with van der Waals surface area (Å²) < 4.78 is 19.8. The molecule has 5 heterocycles. The Morgan fingerprint density at radius 2 is 2.00 bits per heavy atom. The number of ether oxygens (including phenoxy) is 1. The fourth-order valence-corrected chi connectivity index (χ4v) is 6.38. The maximum absolute atomic E-state index is 13.6. The summed E-state index contributed by atoms with van der Waals surface area (Å²) in [5.74, 6) is 0.764. The van der Waals surface area contributed by atoms with Crippen LogP contribution in [0.1, 0.15) is 55.3 Å². The predicted molar refractivity (Wildman–Crippen MR) is 135 cm³/mol. The van der Waals surface area contributed by atoms with E-state index in [0.29, 0.717) is 13.2 Å². The third-order valence-corrected chi connectivity index (χ3v) is 8.50. The molecule has 2 fully saturated rings. The first kappa shape index (κ1) is 23.5. The van der Waals surface area contributed by atoms with Crippen molar-refractivity contribution in [1.82, 2.24) is 25.1 Å². The molecule has 0 amide bonds. The quantitative estimate of drug-likeness (QED) is 0.545. The number of carbonyl (C=O) groups excluding carboxylic acids is 1. The Kier molecular flexibility index (Phi) is 6.21. The molecule has 1 N–H and O–H groups in total. The van der Waals surface area contributed by atoms with Gasteiger partial charge < -0.3 is 14.4 Å². The van der Waals surface area contributed by atoms with Gasteiger partial charge in [0, 0.05) is 54.9 Å². The second kappa shape index (κ2) is 9.52. The van der Waals surface area contributed by atoms with Crippen LogP contribution in [-0.2, 0) is 16.0 Å². The van der Waals surface area contributed by atoms with E-state index in [4.69, 9.17) is 14.7 Å². The normalized spacial score (nSPS) is 26.3. The SMILES string of the molecule is C[C@@H]1Cc2c(ccc3[nH]ncc23)C(c2cnc(N3CCC4(CCC(C=O)CO4)CC3)nc2)N1CCF. The van der Waals surface area contributed by atoms with Crippen molar-refractivity contribution in [2.45, 2.75) is 56.7 Å². The molecule has 8 nitrogen and oxygen atoms in total. The number of piperidine rings is 1. The van der Waals surface area contributed by atoms with Crippen molar-refractivity contribution in [1.29, 1.82) is 0 Å². The number of hydrogen-bond acceptors (Lipinski definition) is 7. The van der Waals surface area contributed by atoms with Gasteiger partial charge in [0.05, 0.1) is 30.0 Å². The van der Waals surface area contributed by atoms with Crippen LogP contribution in [0, 0.1) is 5.92 Å². The van der Waals surface area contributed by atoms with Crippen molar-refractivity contribution in [3.05, 3.63) is 47.4 Å². The van der Waals surface area contributed by atoms with Gasteiger partial charge in [-0.2, -0.15) is 5.10 Å². The Bertz CT molecular complexity index is 1210. The molecule has 1 aromatic carbocycles. The molecule has 0 radical (unpaired) electrons.